The largest absolute Gasteiger partial charge is 0.364 e. The Morgan fingerprint density at radius 2 is 1.67 bits per heavy atom. The maximum absolute atomic E-state index is 5.03. The van der Waals surface area contributed by atoms with Gasteiger partial charge in [0, 0.05) is 14.1 Å². The number of allylic oxidation sites excluding steroid dienone is 4. The quantitative estimate of drug-likeness (QED) is 0.354. The Morgan fingerprint density at radius 1 is 1.05 bits per heavy atom. The van der Waals surface area contributed by atoms with Gasteiger partial charge in [-0.2, -0.15) is 10.2 Å². The lowest BCUT2D eigenvalue weighted by atomic mass is 10.0. The number of nitrogens with zero attached hydrogens (tertiary/aromatic N) is 2. The molecule has 0 bridgehead atoms. The van der Waals surface area contributed by atoms with Gasteiger partial charge in [0.2, 0.25) is 0 Å². The van der Waals surface area contributed by atoms with Crippen molar-refractivity contribution in [1.82, 2.24) is 21.5 Å². The Labute approximate surface area is 135 Å². The van der Waals surface area contributed by atoms with Crippen molar-refractivity contribution < 1.29 is 0 Å². The van der Waals surface area contributed by atoms with Crippen LogP contribution in [0.4, 0.5) is 0 Å². The van der Waals surface area contributed by atoms with Crippen molar-refractivity contribution in [3.8, 4) is 0 Å². The van der Waals surface area contributed by atoms with E-state index >= 15 is 0 Å². The molecule has 1 rings (SSSR count). The average Bonchev–Trinajstić information content (AvgIpc) is 2.53. The smallest absolute Gasteiger partial charge is 0.186 e. The molecule has 0 aromatic carbocycles. The minimum Gasteiger partial charge on any atom is -0.364 e. The van der Waals surface area contributed by atoms with Gasteiger partial charge < -0.3 is 10.6 Å². The summed E-state index contributed by atoms with van der Waals surface area (Å²) in [7, 11) is 3.46. The van der Waals surface area contributed by atoms with Crippen molar-refractivity contribution in [3.63, 3.8) is 0 Å². The lowest BCUT2D eigenvalue weighted by Gasteiger charge is -2.12. The lowest BCUT2D eigenvalue weighted by Crippen LogP contribution is -2.32. The van der Waals surface area contributed by atoms with Crippen LogP contribution in [0.2, 0.25) is 0 Å². The molecule has 1 aliphatic carbocycles. The van der Waals surface area contributed by atoms with Gasteiger partial charge in [0.15, 0.2) is 10.2 Å². The molecule has 8 heteroatoms. The Bertz CT molecular complexity index is 519. The van der Waals surface area contributed by atoms with E-state index in [0.29, 0.717) is 15.9 Å². The van der Waals surface area contributed by atoms with Gasteiger partial charge in [-0.15, -0.1) is 0 Å². The minimum atomic E-state index is 0.444. The summed E-state index contributed by atoms with van der Waals surface area (Å²) in [5.74, 6) is 0. The first-order valence-electron chi connectivity index (χ1n) is 6.53. The van der Waals surface area contributed by atoms with Crippen LogP contribution in [-0.2, 0) is 0 Å². The molecule has 0 saturated heterocycles. The first-order chi connectivity index (χ1) is 10.1. The Hall–Kier alpha value is -1.80. The highest BCUT2D eigenvalue weighted by Gasteiger charge is 2.11. The van der Waals surface area contributed by atoms with Gasteiger partial charge in [0.1, 0.15) is 5.71 Å². The predicted octanol–water partition coefficient (Wildman–Crippen LogP) is 1.18. The molecule has 0 saturated carbocycles. The van der Waals surface area contributed by atoms with Crippen LogP contribution in [0.1, 0.15) is 19.8 Å². The van der Waals surface area contributed by atoms with Crippen molar-refractivity contribution in [2.45, 2.75) is 19.8 Å². The number of nitrogens with one attached hydrogen (secondary N) is 4. The van der Waals surface area contributed by atoms with E-state index in [2.05, 4.69) is 43.8 Å². The van der Waals surface area contributed by atoms with Gasteiger partial charge >= 0.3 is 0 Å². The number of rotatable bonds is 4. The highest BCUT2D eigenvalue weighted by atomic mass is 32.1. The molecule has 1 aliphatic rings. The van der Waals surface area contributed by atoms with Gasteiger partial charge in [-0.3, -0.25) is 10.9 Å². The van der Waals surface area contributed by atoms with Crippen LogP contribution in [0.3, 0.4) is 0 Å². The fourth-order valence-corrected chi connectivity index (χ4v) is 1.64. The molecule has 0 aromatic heterocycles. The molecule has 0 heterocycles. The third-order valence-corrected chi connectivity index (χ3v) is 3.25. The van der Waals surface area contributed by atoms with Gasteiger partial charge in [-0.05, 0) is 49.8 Å². The molecule has 6 nitrogen and oxygen atoms in total. The summed E-state index contributed by atoms with van der Waals surface area (Å²) in [6, 6.07) is 0. The topological polar surface area (TPSA) is 72.8 Å². The second kappa shape index (κ2) is 9.19. The molecular formula is C13H20N6S2. The summed E-state index contributed by atoms with van der Waals surface area (Å²) in [6.45, 7) is 1.86. The van der Waals surface area contributed by atoms with E-state index in [0.717, 1.165) is 24.1 Å². The highest BCUT2D eigenvalue weighted by Crippen LogP contribution is 2.12. The molecule has 0 radical (unpaired) electrons. The molecule has 21 heavy (non-hydrogen) atoms. The van der Waals surface area contributed by atoms with E-state index in [1.165, 1.54) is 0 Å². The number of hydrogen-bond donors (Lipinski definition) is 4. The molecule has 4 N–H and O–H groups in total. The van der Waals surface area contributed by atoms with Crippen LogP contribution < -0.4 is 21.5 Å². The normalized spacial score (nSPS) is 15.1. The summed E-state index contributed by atoms with van der Waals surface area (Å²) in [6.07, 6.45) is 8.29. The zero-order chi connectivity index (χ0) is 15.7. The molecule has 0 atom stereocenters. The van der Waals surface area contributed by atoms with Gasteiger partial charge in [-0.25, -0.2) is 0 Å². The van der Waals surface area contributed by atoms with Crippen molar-refractivity contribution in [2.75, 3.05) is 14.1 Å². The molecule has 0 unspecified atom stereocenters. The van der Waals surface area contributed by atoms with E-state index in [-0.39, 0.29) is 0 Å². The maximum atomic E-state index is 5.03. The molecule has 0 aromatic rings. The first-order valence-corrected chi connectivity index (χ1v) is 7.35. The average molecular weight is 324 g/mol. The number of thiocarbonyl (C=S) groups is 2. The fourth-order valence-electron chi connectivity index (χ4n) is 1.55. The lowest BCUT2D eigenvalue weighted by molar-refractivity contribution is 0.964. The number of hydrazone groups is 2. The standard InChI is InChI=1S/C13H20N6S2/c1-9(16-18-12(20)14-2)11(17-19-13(21)15-3)10-7-5-4-6-8-10/h5,7-8H,4,6H2,1-3H3,(H2,14,18,20)(H2,15,19,21)/b16-9+,17-11-. The molecule has 0 spiro atoms. The molecule has 0 aliphatic heterocycles. The SMILES string of the molecule is CNC(=S)N/N=C(C)/C(=N/NC(=S)NC)C1=CCCC=C1. The summed E-state index contributed by atoms with van der Waals surface area (Å²) in [5.41, 5.74) is 7.97. The van der Waals surface area contributed by atoms with Gasteiger partial charge in [-0.1, -0.05) is 18.2 Å². The van der Waals surface area contributed by atoms with Gasteiger partial charge in [0.05, 0.1) is 5.71 Å². The Morgan fingerprint density at radius 3 is 2.19 bits per heavy atom. The zero-order valence-electron chi connectivity index (χ0n) is 12.4. The summed E-state index contributed by atoms with van der Waals surface area (Å²) >= 11 is 10.0. The van der Waals surface area contributed by atoms with E-state index < -0.39 is 0 Å². The zero-order valence-corrected chi connectivity index (χ0v) is 14.0. The van der Waals surface area contributed by atoms with Crippen LogP contribution >= 0.6 is 24.4 Å². The fraction of sp³-hybridized carbons (Fsp3) is 0.385. The van der Waals surface area contributed by atoms with Crippen LogP contribution in [0.5, 0.6) is 0 Å². The van der Waals surface area contributed by atoms with Crippen LogP contribution in [0.25, 0.3) is 0 Å². The van der Waals surface area contributed by atoms with Crippen molar-refractivity contribution in [1.29, 1.82) is 0 Å². The molecular weight excluding hydrogens is 304 g/mol. The summed E-state index contributed by atoms with van der Waals surface area (Å²) < 4.78 is 0. The second-order valence-electron chi connectivity index (χ2n) is 4.18. The van der Waals surface area contributed by atoms with E-state index in [1.807, 2.05) is 13.0 Å². The Kier molecular flexibility index (Phi) is 7.55. The maximum Gasteiger partial charge on any atom is 0.186 e. The second-order valence-corrected chi connectivity index (χ2v) is 5.00. The van der Waals surface area contributed by atoms with Crippen molar-refractivity contribution in [3.05, 3.63) is 23.8 Å². The molecule has 114 valence electrons. The van der Waals surface area contributed by atoms with E-state index in [9.17, 15) is 0 Å². The molecule has 0 amide bonds. The summed E-state index contributed by atoms with van der Waals surface area (Å²) in [4.78, 5) is 0. The third-order valence-electron chi connectivity index (χ3n) is 2.66. The van der Waals surface area contributed by atoms with Crippen molar-refractivity contribution in [2.24, 2.45) is 10.2 Å². The van der Waals surface area contributed by atoms with Crippen molar-refractivity contribution >= 4 is 46.1 Å². The van der Waals surface area contributed by atoms with Crippen LogP contribution in [0, 0.1) is 0 Å². The van der Waals surface area contributed by atoms with Crippen LogP contribution in [0.15, 0.2) is 34.0 Å². The first kappa shape index (κ1) is 17.3. The van der Waals surface area contributed by atoms with Gasteiger partial charge in [0.25, 0.3) is 0 Å². The predicted molar refractivity (Wildman–Crippen MR) is 96.6 cm³/mol. The molecule has 0 fully saturated rings. The van der Waals surface area contributed by atoms with E-state index in [4.69, 9.17) is 24.4 Å². The minimum absolute atomic E-state index is 0.444. The third kappa shape index (κ3) is 6.01. The summed E-state index contributed by atoms with van der Waals surface area (Å²) in [5, 5.41) is 15.1. The number of hydrogen-bond acceptors (Lipinski definition) is 4. The van der Waals surface area contributed by atoms with Crippen LogP contribution in [-0.4, -0.2) is 35.7 Å². The highest BCUT2D eigenvalue weighted by molar-refractivity contribution is 7.80. The Balaban J connectivity index is 2.95. The monoisotopic (exact) mass is 324 g/mol. The van der Waals surface area contributed by atoms with E-state index in [1.54, 1.807) is 14.1 Å².